The second-order valence-electron chi connectivity index (χ2n) is 7.94. The molecule has 2 heterocycles. The van der Waals surface area contributed by atoms with E-state index in [1.807, 2.05) is 30.3 Å². The lowest BCUT2D eigenvalue weighted by Crippen LogP contribution is -2.44. The van der Waals surface area contributed by atoms with E-state index < -0.39 is 0 Å². The number of para-hydroxylation sites is 1. The van der Waals surface area contributed by atoms with Gasteiger partial charge >= 0.3 is 0 Å². The van der Waals surface area contributed by atoms with Crippen molar-refractivity contribution in [2.24, 2.45) is 0 Å². The number of carbonyl (C=O) groups excluding carboxylic acids is 2. The molecule has 8 heteroatoms. The molecule has 3 aromatic rings. The van der Waals surface area contributed by atoms with E-state index in [0.717, 1.165) is 18.6 Å². The van der Waals surface area contributed by atoms with Crippen LogP contribution < -0.4 is 15.4 Å². The average molecular weight is 458 g/mol. The number of piperidine rings is 1. The predicted octanol–water partition coefficient (Wildman–Crippen LogP) is 4.13. The lowest BCUT2D eigenvalue weighted by molar-refractivity contribution is -0.127. The molecule has 4 rings (SSSR count). The molecule has 8 nitrogen and oxygen atoms in total. The highest BCUT2D eigenvalue weighted by molar-refractivity contribution is 6.14. The van der Waals surface area contributed by atoms with Gasteiger partial charge in [-0.3, -0.25) is 9.59 Å². The summed E-state index contributed by atoms with van der Waals surface area (Å²) in [6.45, 7) is 4.78. The number of hydrogen-bond donors (Lipinski definition) is 2. The molecule has 34 heavy (non-hydrogen) atoms. The smallest absolute Gasteiger partial charge is 0.246 e. The molecule has 0 spiro atoms. The fourth-order valence-electron chi connectivity index (χ4n) is 3.96. The summed E-state index contributed by atoms with van der Waals surface area (Å²) >= 11 is 0. The number of aromatic nitrogens is 2. The molecule has 0 unspecified atom stereocenters. The molecular formula is C26H27N5O3. The number of likely N-dealkylation sites (tertiary alicyclic amines) is 1. The summed E-state index contributed by atoms with van der Waals surface area (Å²) in [7, 11) is 1.71. The second-order valence-corrected chi connectivity index (χ2v) is 7.94. The number of nitrogens with zero attached hydrogens (tertiary/aromatic N) is 3. The molecule has 0 bridgehead atoms. The van der Waals surface area contributed by atoms with Crippen molar-refractivity contribution in [2.75, 3.05) is 30.8 Å². The summed E-state index contributed by atoms with van der Waals surface area (Å²) in [6.07, 6.45) is 4.45. The number of ether oxygens (including phenoxy) is 1. The van der Waals surface area contributed by atoms with Gasteiger partial charge in [-0.15, -0.1) is 0 Å². The van der Waals surface area contributed by atoms with Gasteiger partial charge < -0.3 is 20.3 Å². The summed E-state index contributed by atoms with van der Waals surface area (Å²) in [5.41, 5.74) is 0.843. The standard InChI is InChI=1S/C26H27N5O3/c1-3-22(32)31-15-7-8-19(16-31)30-26-23(25(27-2)28-17-29-26)24(33)18-11-13-21(14-12-18)34-20-9-5-4-6-10-20/h3-6,9-14,17,19H,1,7-8,15-16H2,2H3,(H2,27,28,29,30)/t19-/m1/s1. The van der Waals surface area contributed by atoms with E-state index in [0.29, 0.717) is 41.6 Å². The summed E-state index contributed by atoms with van der Waals surface area (Å²) in [5.74, 6) is 1.91. The lowest BCUT2D eigenvalue weighted by atomic mass is 10.0. The van der Waals surface area contributed by atoms with E-state index in [2.05, 4.69) is 27.2 Å². The van der Waals surface area contributed by atoms with Crippen molar-refractivity contribution in [1.82, 2.24) is 14.9 Å². The molecule has 1 atom stereocenters. The Kier molecular flexibility index (Phi) is 7.17. The molecule has 2 aromatic carbocycles. The van der Waals surface area contributed by atoms with Crippen molar-refractivity contribution < 1.29 is 14.3 Å². The van der Waals surface area contributed by atoms with Crippen LogP contribution in [0.1, 0.15) is 28.8 Å². The van der Waals surface area contributed by atoms with Gasteiger partial charge in [0.2, 0.25) is 5.91 Å². The Bertz CT molecular complexity index is 1160. The third-order valence-corrected chi connectivity index (χ3v) is 5.66. The van der Waals surface area contributed by atoms with Crippen molar-refractivity contribution in [3.63, 3.8) is 0 Å². The molecule has 1 fully saturated rings. The average Bonchev–Trinajstić information content (AvgIpc) is 2.89. The van der Waals surface area contributed by atoms with Crippen LogP contribution in [-0.2, 0) is 4.79 Å². The van der Waals surface area contributed by atoms with Crippen LogP contribution in [0.15, 0.2) is 73.6 Å². The number of anilines is 2. The fourth-order valence-corrected chi connectivity index (χ4v) is 3.96. The highest BCUT2D eigenvalue weighted by Crippen LogP contribution is 2.27. The third-order valence-electron chi connectivity index (χ3n) is 5.66. The molecule has 174 valence electrons. The van der Waals surface area contributed by atoms with E-state index >= 15 is 0 Å². The van der Waals surface area contributed by atoms with E-state index in [9.17, 15) is 9.59 Å². The molecule has 2 N–H and O–H groups in total. The van der Waals surface area contributed by atoms with Crippen LogP contribution >= 0.6 is 0 Å². The Morgan fingerprint density at radius 3 is 2.47 bits per heavy atom. The van der Waals surface area contributed by atoms with Crippen LogP contribution in [0, 0.1) is 0 Å². The van der Waals surface area contributed by atoms with Gasteiger partial charge in [0.25, 0.3) is 0 Å². The van der Waals surface area contributed by atoms with Gasteiger partial charge in [0.1, 0.15) is 35.0 Å². The van der Waals surface area contributed by atoms with Gasteiger partial charge in [0.15, 0.2) is 5.78 Å². The third kappa shape index (κ3) is 5.23. The van der Waals surface area contributed by atoms with Crippen LogP contribution in [0.4, 0.5) is 11.6 Å². The highest BCUT2D eigenvalue weighted by atomic mass is 16.5. The van der Waals surface area contributed by atoms with Gasteiger partial charge in [-0.2, -0.15) is 0 Å². The summed E-state index contributed by atoms with van der Waals surface area (Å²) in [4.78, 5) is 35.9. The second kappa shape index (κ2) is 10.6. The molecule has 1 aliphatic rings. The Balaban J connectivity index is 1.55. The summed E-state index contributed by atoms with van der Waals surface area (Å²) in [6, 6.07) is 16.4. The van der Waals surface area contributed by atoms with Gasteiger partial charge in [-0.1, -0.05) is 24.8 Å². The number of benzene rings is 2. The first kappa shape index (κ1) is 23.0. The van der Waals surface area contributed by atoms with Gasteiger partial charge in [0.05, 0.1) is 0 Å². The molecule has 1 aliphatic heterocycles. The van der Waals surface area contributed by atoms with Gasteiger partial charge in [-0.25, -0.2) is 9.97 Å². The Morgan fingerprint density at radius 2 is 1.76 bits per heavy atom. The van der Waals surface area contributed by atoms with Crippen molar-refractivity contribution in [3.8, 4) is 11.5 Å². The van der Waals surface area contributed by atoms with E-state index in [1.165, 1.54) is 12.4 Å². The van der Waals surface area contributed by atoms with Crippen molar-refractivity contribution in [2.45, 2.75) is 18.9 Å². The molecule has 1 aromatic heterocycles. The SMILES string of the molecule is C=CC(=O)N1CCC[C@@H](Nc2ncnc(NC)c2C(=O)c2ccc(Oc3ccccc3)cc2)C1. The molecule has 0 aliphatic carbocycles. The minimum atomic E-state index is -0.214. The number of ketones is 1. The number of amides is 1. The van der Waals surface area contributed by atoms with Crippen molar-refractivity contribution in [1.29, 1.82) is 0 Å². The normalized spacial score (nSPS) is 15.3. The molecule has 1 amide bonds. The first-order valence-electron chi connectivity index (χ1n) is 11.2. The minimum absolute atomic E-state index is 0.0366. The van der Waals surface area contributed by atoms with Crippen molar-refractivity contribution >= 4 is 23.3 Å². The zero-order chi connectivity index (χ0) is 23.9. The van der Waals surface area contributed by atoms with Crippen LogP contribution in [0.2, 0.25) is 0 Å². The number of carbonyl (C=O) groups is 2. The zero-order valence-electron chi connectivity index (χ0n) is 19.0. The molecule has 1 saturated heterocycles. The minimum Gasteiger partial charge on any atom is -0.457 e. The predicted molar refractivity (Wildman–Crippen MR) is 131 cm³/mol. The molecule has 0 saturated carbocycles. The Morgan fingerprint density at radius 1 is 1.06 bits per heavy atom. The zero-order valence-corrected chi connectivity index (χ0v) is 19.0. The largest absolute Gasteiger partial charge is 0.457 e. The van der Waals surface area contributed by atoms with Crippen LogP contribution in [0.5, 0.6) is 11.5 Å². The first-order chi connectivity index (χ1) is 16.6. The summed E-state index contributed by atoms with van der Waals surface area (Å²) in [5, 5.41) is 6.35. The molecular weight excluding hydrogens is 430 g/mol. The number of nitrogens with one attached hydrogen (secondary N) is 2. The number of rotatable bonds is 8. The van der Waals surface area contributed by atoms with Crippen molar-refractivity contribution in [3.05, 3.63) is 84.7 Å². The van der Waals surface area contributed by atoms with Crippen LogP contribution in [0.25, 0.3) is 0 Å². The first-order valence-corrected chi connectivity index (χ1v) is 11.2. The van der Waals surface area contributed by atoms with Gasteiger partial charge in [0, 0.05) is 31.7 Å². The van der Waals surface area contributed by atoms with E-state index in [4.69, 9.17) is 4.74 Å². The topological polar surface area (TPSA) is 96.5 Å². The van der Waals surface area contributed by atoms with Crippen LogP contribution in [0.3, 0.4) is 0 Å². The Hall–Kier alpha value is -4.20. The quantitative estimate of drug-likeness (QED) is 0.388. The summed E-state index contributed by atoms with van der Waals surface area (Å²) < 4.78 is 5.83. The Labute approximate surface area is 198 Å². The maximum atomic E-state index is 13.5. The highest BCUT2D eigenvalue weighted by Gasteiger charge is 2.26. The maximum absolute atomic E-state index is 13.5. The van der Waals surface area contributed by atoms with Crippen LogP contribution in [-0.4, -0.2) is 52.7 Å². The monoisotopic (exact) mass is 457 g/mol. The number of hydrogen-bond acceptors (Lipinski definition) is 7. The maximum Gasteiger partial charge on any atom is 0.246 e. The van der Waals surface area contributed by atoms with E-state index in [1.54, 1.807) is 36.2 Å². The fraction of sp³-hybridized carbons (Fsp3) is 0.231. The van der Waals surface area contributed by atoms with Gasteiger partial charge in [-0.05, 0) is 55.3 Å². The molecule has 0 radical (unpaired) electrons. The lowest BCUT2D eigenvalue weighted by Gasteiger charge is -2.33. The van der Waals surface area contributed by atoms with E-state index in [-0.39, 0.29) is 17.7 Å².